The third kappa shape index (κ3) is 1.20. The number of aliphatic imine (C=N–C) groups is 1. The largest absolute Gasteiger partial charge is 0.385 e. The molecular formula is C9H15N3O. The van der Waals surface area contributed by atoms with Crippen LogP contribution in [0.3, 0.4) is 0 Å². The van der Waals surface area contributed by atoms with E-state index < -0.39 is 0 Å². The fourth-order valence-electron chi connectivity index (χ4n) is 2.10. The first-order valence-corrected chi connectivity index (χ1v) is 4.88. The van der Waals surface area contributed by atoms with Crippen molar-refractivity contribution in [1.29, 1.82) is 0 Å². The molecule has 0 saturated heterocycles. The summed E-state index contributed by atoms with van der Waals surface area (Å²) in [5.41, 5.74) is 5.73. The van der Waals surface area contributed by atoms with Crippen LogP contribution in [0.15, 0.2) is 4.99 Å². The Morgan fingerprint density at radius 1 is 1.62 bits per heavy atom. The van der Waals surface area contributed by atoms with Crippen LogP contribution in [0.25, 0.3) is 0 Å². The maximum Gasteiger partial charge on any atom is 0.345 e. The van der Waals surface area contributed by atoms with E-state index in [4.69, 9.17) is 5.73 Å². The maximum atomic E-state index is 11.3. The molecule has 1 fully saturated rings. The molecule has 0 aromatic rings. The van der Waals surface area contributed by atoms with Gasteiger partial charge in [0.15, 0.2) is 0 Å². The molecule has 0 bridgehead atoms. The number of hydrogen-bond donors (Lipinski definition) is 1. The van der Waals surface area contributed by atoms with Gasteiger partial charge in [-0.05, 0) is 25.7 Å². The minimum absolute atomic E-state index is 0.103. The average molecular weight is 181 g/mol. The lowest BCUT2D eigenvalue weighted by Gasteiger charge is -2.35. The Hall–Kier alpha value is -1.06. The molecule has 1 heterocycles. The molecule has 4 nitrogen and oxygen atoms in total. The number of rotatable bonds is 2. The summed E-state index contributed by atoms with van der Waals surface area (Å²) in [5, 5.41) is 0. The zero-order chi connectivity index (χ0) is 9.42. The number of urea groups is 1. The van der Waals surface area contributed by atoms with Crippen molar-refractivity contribution >= 4 is 11.9 Å². The van der Waals surface area contributed by atoms with Crippen LogP contribution in [-0.2, 0) is 0 Å². The number of carbonyl (C=O) groups excluding carboxylic acids is 1. The van der Waals surface area contributed by atoms with Crippen molar-refractivity contribution in [2.24, 2.45) is 16.6 Å². The Balaban J connectivity index is 2.14. The van der Waals surface area contributed by atoms with Crippen molar-refractivity contribution in [3.8, 4) is 0 Å². The molecule has 0 radical (unpaired) electrons. The van der Waals surface area contributed by atoms with Crippen LogP contribution in [0.4, 0.5) is 4.79 Å². The third-order valence-corrected chi connectivity index (χ3v) is 3.05. The predicted molar refractivity (Wildman–Crippen MR) is 50.5 cm³/mol. The summed E-state index contributed by atoms with van der Waals surface area (Å²) in [6, 6.07) is -0.0526. The highest BCUT2D eigenvalue weighted by Crippen LogP contribution is 2.34. The first-order valence-electron chi connectivity index (χ1n) is 4.88. The lowest BCUT2D eigenvalue weighted by Crippen LogP contribution is -2.47. The van der Waals surface area contributed by atoms with Gasteiger partial charge in [0.05, 0.1) is 6.04 Å². The molecule has 1 unspecified atom stereocenters. The molecule has 0 aromatic carbocycles. The summed E-state index contributed by atoms with van der Waals surface area (Å²) in [6.07, 6.45) is 3.63. The normalized spacial score (nSPS) is 29.0. The lowest BCUT2D eigenvalue weighted by molar-refractivity contribution is 0.164. The highest BCUT2D eigenvalue weighted by atomic mass is 16.2. The second-order valence-electron chi connectivity index (χ2n) is 3.74. The standard InChI is InChI=1S/C9H15N3O/c1-2-12-7(6-4-3-5-6)8(10)11-9(12)13/h6-7H,2-5H2,1H3,(H2,10,11,13). The molecule has 1 saturated carbocycles. The highest BCUT2D eigenvalue weighted by Gasteiger charge is 2.40. The van der Waals surface area contributed by atoms with E-state index in [0.29, 0.717) is 18.3 Å². The predicted octanol–water partition coefficient (Wildman–Crippen LogP) is 0.968. The SMILES string of the molecule is CCN1C(=O)N=C(N)C1C1CCC1. The van der Waals surface area contributed by atoms with Gasteiger partial charge in [-0.15, -0.1) is 0 Å². The molecule has 0 aromatic heterocycles. The van der Waals surface area contributed by atoms with Crippen LogP contribution in [0.5, 0.6) is 0 Å². The van der Waals surface area contributed by atoms with Crippen LogP contribution in [0.2, 0.25) is 0 Å². The topological polar surface area (TPSA) is 58.7 Å². The maximum absolute atomic E-state index is 11.3. The van der Waals surface area contributed by atoms with E-state index in [2.05, 4.69) is 4.99 Å². The van der Waals surface area contributed by atoms with Gasteiger partial charge in [-0.25, -0.2) is 4.79 Å². The molecule has 2 N–H and O–H groups in total. The van der Waals surface area contributed by atoms with Crippen LogP contribution in [0.1, 0.15) is 26.2 Å². The molecule has 4 heteroatoms. The van der Waals surface area contributed by atoms with Crippen molar-refractivity contribution in [1.82, 2.24) is 4.90 Å². The number of nitrogens with two attached hydrogens (primary N) is 1. The molecule has 1 aliphatic carbocycles. The van der Waals surface area contributed by atoms with Crippen molar-refractivity contribution in [2.45, 2.75) is 32.2 Å². The van der Waals surface area contributed by atoms with Gasteiger partial charge in [0.2, 0.25) is 0 Å². The van der Waals surface area contributed by atoms with Gasteiger partial charge in [0.25, 0.3) is 0 Å². The highest BCUT2D eigenvalue weighted by molar-refractivity contribution is 6.03. The summed E-state index contributed by atoms with van der Waals surface area (Å²) < 4.78 is 0. The Morgan fingerprint density at radius 3 is 2.77 bits per heavy atom. The van der Waals surface area contributed by atoms with E-state index >= 15 is 0 Å². The molecule has 0 spiro atoms. The summed E-state index contributed by atoms with van der Waals surface area (Å²) in [6.45, 7) is 2.68. The van der Waals surface area contributed by atoms with Gasteiger partial charge >= 0.3 is 6.03 Å². The van der Waals surface area contributed by atoms with E-state index in [0.717, 1.165) is 0 Å². The van der Waals surface area contributed by atoms with Gasteiger partial charge < -0.3 is 10.6 Å². The van der Waals surface area contributed by atoms with E-state index in [9.17, 15) is 4.79 Å². The Kier molecular flexibility index (Phi) is 1.98. The van der Waals surface area contributed by atoms with Crippen LogP contribution < -0.4 is 5.73 Å². The van der Waals surface area contributed by atoms with Crippen molar-refractivity contribution in [3.05, 3.63) is 0 Å². The second kappa shape index (κ2) is 3.01. The zero-order valence-corrected chi connectivity index (χ0v) is 7.86. The van der Waals surface area contributed by atoms with E-state index in [1.54, 1.807) is 4.90 Å². The Morgan fingerprint density at radius 2 is 2.31 bits per heavy atom. The molecule has 2 rings (SSSR count). The monoisotopic (exact) mass is 181 g/mol. The number of nitrogens with zero attached hydrogens (tertiary/aromatic N) is 2. The minimum atomic E-state index is -0.156. The van der Waals surface area contributed by atoms with Gasteiger partial charge in [0.1, 0.15) is 5.84 Å². The van der Waals surface area contributed by atoms with E-state index in [1.807, 2.05) is 6.92 Å². The number of amidine groups is 1. The van der Waals surface area contributed by atoms with Gasteiger partial charge in [-0.2, -0.15) is 4.99 Å². The average Bonchev–Trinajstić information content (AvgIpc) is 2.24. The van der Waals surface area contributed by atoms with Gasteiger partial charge in [0, 0.05) is 6.54 Å². The molecule has 2 amide bonds. The van der Waals surface area contributed by atoms with Crippen LogP contribution in [-0.4, -0.2) is 29.4 Å². The van der Waals surface area contributed by atoms with Crippen molar-refractivity contribution < 1.29 is 4.79 Å². The van der Waals surface area contributed by atoms with Gasteiger partial charge in [-0.1, -0.05) is 6.42 Å². The van der Waals surface area contributed by atoms with Crippen molar-refractivity contribution in [2.75, 3.05) is 6.54 Å². The molecule has 1 atom stereocenters. The fraction of sp³-hybridized carbons (Fsp3) is 0.778. The number of carbonyl (C=O) groups is 1. The minimum Gasteiger partial charge on any atom is -0.385 e. The van der Waals surface area contributed by atoms with Gasteiger partial charge in [-0.3, -0.25) is 0 Å². The summed E-state index contributed by atoms with van der Waals surface area (Å²) in [5.74, 6) is 1.09. The van der Waals surface area contributed by atoms with Crippen LogP contribution >= 0.6 is 0 Å². The van der Waals surface area contributed by atoms with E-state index in [-0.39, 0.29) is 12.1 Å². The summed E-state index contributed by atoms with van der Waals surface area (Å²) >= 11 is 0. The number of amides is 2. The first-order chi connectivity index (χ1) is 6.24. The number of likely N-dealkylation sites (N-methyl/N-ethyl adjacent to an activating group) is 1. The summed E-state index contributed by atoms with van der Waals surface area (Å²) in [7, 11) is 0. The summed E-state index contributed by atoms with van der Waals surface area (Å²) in [4.78, 5) is 16.9. The Bertz CT molecular complexity index is 258. The molecule has 13 heavy (non-hydrogen) atoms. The Labute approximate surface area is 77.8 Å². The van der Waals surface area contributed by atoms with Crippen LogP contribution in [0, 0.1) is 5.92 Å². The lowest BCUT2D eigenvalue weighted by atomic mass is 9.79. The molecular weight excluding hydrogens is 166 g/mol. The van der Waals surface area contributed by atoms with Crippen molar-refractivity contribution in [3.63, 3.8) is 0 Å². The number of hydrogen-bond acceptors (Lipinski definition) is 2. The zero-order valence-electron chi connectivity index (χ0n) is 7.86. The third-order valence-electron chi connectivity index (χ3n) is 3.05. The second-order valence-corrected chi connectivity index (χ2v) is 3.74. The quantitative estimate of drug-likeness (QED) is 0.690. The molecule has 2 aliphatic rings. The fourth-order valence-corrected chi connectivity index (χ4v) is 2.10. The van der Waals surface area contributed by atoms with E-state index in [1.165, 1.54) is 19.3 Å². The first kappa shape index (κ1) is 8.53. The molecule has 1 aliphatic heterocycles. The molecule has 72 valence electrons. The smallest absolute Gasteiger partial charge is 0.345 e.